The molecule has 9 heteroatoms. The molecule has 3 heterocycles. The van der Waals surface area contributed by atoms with Gasteiger partial charge in [-0.3, -0.25) is 27.7 Å². The van der Waals surface area contributed by atoms with Crippen LogP contribution in [0.25, 0.3) is 22.6 Å². The van der Waals surface area contributed by atoms with Gasteiger partial charge < -0.3 is 4.74 Å². The van der Waals surface area contributed by atoms with Crippen LogP contribution in [-0.4, -0.2) is 35.7 Å². The molecule has 0 aliphatic rings. The molecule has 4 rings (SSSR count). The normalized spacial score (nSPS) is 11.5. The van der Waals surface area contributed by atoms with E-state index < -0.39 is 17.2 Å². The van der Waals surface area contributed by atoms with E-state index in [0.717, 1.165) is 27.2 Å². The summed E-state index contributed by atoms with van der Waals surface area (Å²) >= 11 is 0. The van der Waals surface area contributed by atoms with E-state index in [0.29, 0.717) is 16.9 Å². The minimum Gasteiger partial charge on any atom is -0.466 e. The second kappa shape index (κ2) is 7.57. The van der Waals surface area contributed by atoms with E-state index in [1.807, 2.05) is 49.6 Å². The first-order valence-electron chi connectivity index (χ1n) is 10.2. The van der Waals surface area contributed by atoms with E-state index >= 15 is 0 Å². The van der Waals surface area contributed by atoms with Crippen LogP contribution in [0.5, 0.6) is 0 Å². The van der Waals surface area contributed by atoms with Crippen molar-refractivity contribution in [1.29, 1.82) is 0 Å². The fourth-order valence-electron chi connectivity index (χ4n) is 3.99. The summed E-state index contributed by atoms with van der Waals surface area (Å²) in [6, 6.07) is 7.93. The minimum absolute atomic E-state index is 0.0515. The predicted octanol–water partition coefficient (Wildman–Crippen LogP) is 2.02. The van der Waals surface area contributed by atoms with Gasteiger partial charge in [0.2, 0.25) is 5.78 Å². The van der Waals surface area contributed by atoms with Crippen LogP contribution in [0, 0.1) is 20.8 Å². The summed E-state index contributed by atoms with van der Waals surface area (Å²) in [5, 5.41) is 0. The van der Waals surface area contributed by atoms with Crippen LogP contribution in [0.1, 0.15) is 30.3 Å². The van der Waals surface area contributed by atoms with Crippen molar-refractivity contribution in [3.05, 3.63) is 62.1 Å². The molecule has 0 atom stereocenters. The summed E-state index contributed by atoms with van der Waals surface area (Å²) in [5.74, 6) is 0.113. The standard InChI is InChI=1S/C22H25N5O4/c1-6-31-17(28)11-12-25-20(29)18-19(24(5)22(25)30)23-21-26(14(3)15(4)27(18)21)16-10-8-7-9-13(16)2/h7-10H,6,11-12H2,1-5H3. The van der Waals surface area contributed by atoms with Crippen molar-refractivity contribution in [1.82, 2.24) is 23.1 Å². The third-order valence-electron chi connectivity index (χ3n) is 5.72. The molecule has 0 radical (unpaired) electrons. The number of hydrogen-bond acceptors (Lipinski definition) is 5. The fourth-order valence-corrected chi connectivity index (χ4v) is 3.99. The Labute approximate surface area is 178 Å². The Balaban J connectivity index is 2.02. The fraction of sp³-hybridized carbons (Fsp3) is 0.364. The van der Waals surface area contributed by atoms with Crippen molar-refractivity contribution in [2.75, 3.05) is 6.61 Å². The topological polar surface area (TPSA) is 92.5 Å². The molecule has 162 valence electrons. The lowest BCUT2D eigenvalue weighted by atomic mass is 10.2. The van der Waals surface area contributed by atoms with Crippen molar-refractivity contribution in [3.63, 3.8) is 0 Å². The van der Waals surface area contributed by atoms with Gasteiger partial charge in [0.15, 0.2) is 11.2 Å². The van der Waals surface area contributed by atoms with Gasteiger partial charge in [0.25, 0.3) is 5.56 Å². The highest BCUT2D eigenvalue weighted by atomic mass is 16.5. The first-order valence-corrected chi connectivity index (χ1v) is 10.2. The molecule has 0 saturated heterocycles. The molecule has 0 aliphatic carbocycles. The maximum absolute atomic E-state index is 13.4. The molecule has 0 N–H and O–H groups in total. The summed E-state index contributed by atoms with van der Waals surface area (Å²) < 4.78 is 11.1. The SMILES string of the molecule is CCOC(=O)CCn1c(=O)c2c(nc3n(-c4ccccc4C)c(C)c(C)n23)n(C)c1=O. The predicted molar refractivity (Wildman–Crippen MR) is 117 cm³/mol. The molecule has 3 aromatic heterocycles. The Morgan fingerprint density at radius 1 is 1.10 bits per heavy atom. The van der Waals surface area contributed by atoms with Crippen LogP contribution in [0.15, 0.2) is 33.9 Å². The molecule has 0 bridgehead atoms. The number of aryl methyl sites for hydroxylation is 3. The summed E-state index contributed by atoms with van der Waals surface area (Å²) in [6.07, 6.45) is -0.0569. The van der Waals surface area contributed by atoms with Gasteiger partial charge in [0, 0.05) is 25.0 Å². The largest absolute Gasteiger partial charge is 0.466 e. The number of carbonyl (C=O) groups excluding carboxylic acids is 1. The summed E-state index contributed by atoms with van der Waals surface area (Å²) in [5.41, 5.74) is 3.46. The van der Waals surface area contributed by atoms with E-state index in [2.05, 4.69) is 4.98 Å². The number of rotatable bonds is 5. The van der Waals surface area contributed by atoms with E-state index in [1.54, 1.807) is 18.4 Å². The minimum atomic E-state index is -0.514. The lowest BCUT2D eigenvalue weighted by Gasteiger charge is -2.09. The average molecular weight is 423 g/mol. The highest BCUT2D eigenvalue weighted by Crippen LogP contribution is 2.26. The van der Waals surface area contributed by atoms with E-state index in [9.17, 15) is 14.4 Å². The maximum Gasteiger partial charge on any atom is 0.332 e. The number of aromatic nitrogens is 5. The zero-order chi connectivity index (χ0) is 22.4. The van der Waals surface area contributed by atoms with E-state index in [-0.39, 0.29) is 19.6 Å². The smallest absolute Gasteiger partial charge is 0.332 e. The quantitative estimate of drug-likeness (QED) is 0.458. The molecule has 0 unspecified atom stereocenters. The molecule has 0 amide bonds. The second-order valence-electron chi connectivity index (χ2n) is 7.57. The number of imidazole rings is 2. The summed E-state index contributed by atoms with van der Waals surface area (Å²) in [7, 11) is 1.58. The molecule has 0 spiro atoms. The van der Waals surface area contributed by atoms with Gasteiger partial charge >= 0.3 is 11.7 Å². The first-order chi connectivity index (χ1) is 14.8. The number of nitrogens with zero attached hydrogens (tertiary/aromatic N) is 5. The molecule has 0 saturated carbocycles. The average Bonchev–Trinajstić information content (AvgIpc) is 3.23. The third-order valence-corrected chi connectivity index (χ3v) is 5.72. The Bertz CT molecular complexity index is 1450. The number of para-hydroxylation sites is 1. The van der Waals surface area contributed by atoms with Gasteiger partial charge in [0.1, 0.15) is 0 Å². The Hall–Kier alpha value is -3.62. The summed E-state index contributed by atoms with van der Waals surface area (Å²) in [6.45, 7) is 7.82. The molecular formula is C22H25N5O4. The number of fused-ring (bicyclic) bond motifs is 3. The van der Waals surface area contributed by atoms with Gasteiger partial charge in [0.05, 0.1) is 18.7 Å². The molecule has 9 nitrogen and oxygen atoms in total. The van der Waals surface area contributed by atoms with Crippen LogP contribution >= 0.6 is 0 Å². The number of esters is 1. The maximum atomic E-state index is 13.4. The molecule has 1 aromatic carbocycles. The highest BCUT2D eigenvalue weighted by Gasteiger charge is 2.23. The van der Waals surface area contributed by atoms with Crippen molar-refractivity contribution in [2.24, 2.45) is 7.05 Å². The number of ether oxygens (including phenoxy) is 1. The van der Waals surface area contributed by atoms with Gasteiger partial charge in [-0.15, -0.1) is 0 Å². The van der Waals surface area contributed by atoms with Gasteiger partial charge in [-0.2, -0.15) is 4.98 Å². The third kappa shape index (κ3) is 3.08. The Kier molecular flexibility index (Phi) is 5.04. The molecule has 4 aromatic rings. The molecule has 31 heavy (non-hydrogen) atoms. The van der Waals surface area contributed by atoms with Crippen LogP contribution in [-0.2, 0) is 23.1 Å². The second-order valence-corrected chi connectivity index (χ2v) is 7.57. The lowest BCUT2D eigenvalue weighted by molar-refractivity contribution is -0.143. The Morgan fingerprint density at radius 3 is 2.48 bits per heavy atom. The van der Waals surface area contributed by atoms with E-state index in [1.165, 1.54) is 4.57 Å². The van der Waals surface area contributed by atoms with Crippen LogP contribution in [0.2, 0.25) is 0 Å². The van der Waals surface area contributed by atoms with Crippen LogP contribution in [0.3, 0.4) is 0 Å². The van der Waals surface area contributed by atoms with Crippen molar-refractivity contribution in [2.45, 2.75) is 40.7 Å². The molecular weight excluding hydrogens is 398 g/mol. The molecule has 0 fully saturated rings. The summed E-state index contributed by atoms with van der Waals surface area (Å²) in [4.78, 5) is 42.7. The first kappa shape index (κ1) is 20.6. The van der Waals surface area contributed by atoms with Crippen LogP contribution in [0.4, 0.5) is 0 Å². The van der Waals surface area contributed by atoms with Gasteiger partial charge in [-0.25, -0.2) is 4.79 Å². The van der Waals surface area contributed by atoms with E-state index in [4.69, 9.17) is 4.74 Å². The van der Waals surface area contributed by atoms with Gasteiger partial charge in [-0.05, 0) is 39.3 Å². The number of carbonyl (C=O) groups is 1. The van der Waals surface area contributed by atoms with Gasteiger partial charge in [-0.1, -0.05) is 18.2 Å². The number of hydrogen-bond donors (Lipinski definition) is 0. The zero-order valence-electron chi connectivity index (χ0n) is 18.3. The van der Waals surface area contributed by atoms with Crippen molar-refractivity contribution >= 4 is 22.9 Å². The molecule has 0 aliphatic heterocycles. The Morgan fingerprint density at radius 2 is 1.81 bits per heavy atom. The lowest BCUT2D eigenvalue weighted by Crippen LogP contribution is -2.40. The van der Waals surface area contributed by atoms with Crippen LogP contribution < -0.4 is 11.2 Å². The van der Waals surface area contributed by atoms with Crippen molar-refractivity contribution in [3.8, 4) is 5.69 Å². The highest BCUT2D eigenvalue weighted by molar-refractivity contribution is 5.77. The zero-order valence-corrected chi connectivity index (χ0v) is 18.3. The number of benzene rings is 1. The van der Waals surface area contributed by atoms with Crippen molar-refractivity contribution < 1.29 is 9.53 Å². The monoisotopic (exact) mass is 423 g/mol.